The molecule has 2 amide bonds. The molecule has 2 aromatic carbocycles. The van der Waals surface area contributed by atoms with Crippen LogP contribution in [-0.4, -0.2) is 26.3 Å². The van der Waals surface area contributed by atoms with Gasteiger partial charge in [0.1, 0.15) is 6.04 Å². The molecular weight excluding hydrogens is 402 g/mol. The van der Waals surface area contributed by atoms with Crippen molar-refractivity contribution < 1.29 is 9.59 Å². The molecule has 3 heterocycles. The first-order valence-corrected chi connectivity index (χ1v) is 10.7. The zero-order valence-corrected chi connectivity index (χ0v) is 17.7. The summed E-state index contributed by atoms with van der Waals surface area (Å²) in [5.74, 6) is 0.226. The summed E-state index contributed by atoms with van der Waals surface area (Å²) in [6.45, 7) is 2.40. The Morgan fingerprint density at radius 1 is 1.06 bits per heavy atom. The number of hydrogen-bond donors (Lipinski definition) is 1. The van der Waals surface area contributed by atoms with Crippen LogP contribution in [0.1, 0.15) is 30.5 Å². The highest BCUT2D eigenvalue weighted by Crippen LogP contribution is 2.37. The Kier molecular flexibility index (Phi) is 5.15. The number of pyridine rings is 1. The molecule has 1 aliphatic heterocycles. The van der Waals surface area contributed by atoms with Crippen LogP contribution in [0.15, 0.2) is 73.1 Å². The quantitative estimate of drug-likeness (QED) is 0.504. The van der Waals surface area contributed by atoms with E-state index in [1.54, 1.807) is 17.3 Å². The van der Waals surface area contributed by atoms with Crippen LogP contribution in [0.5, 0.6) is 0 Å². The molecule has 32 heavy (non-hydrogen) atoms. The largest absolute Gasteiger partial charge is 0.326 e. The number of nitrogens with zero attached hydrogens (tertiary/aromatic N) is 4. The van der Waals surface area contributed by atoms with E-state index in [-0.39, 0.29) is 18.2 Å². The summed E-state index contributed by atoms with van der Waals surface area (Å²) >= 11 is 0. The number of amides is 2. The number of hydrogen-bond acceptors (Lipinski definition) is 4. The summed E-state index contributed by atoms with van der Waals surface area (Å²) in [7, 11) is 0. The third kappa shape index (κ3) is 3.51. The SMILES string of the molecule is CCc1ccccc1NC(=O)C[C@@H]1C(=O)N(Cc2cccnc2)c2nc3ccccc3n21. The van der Waals surface area contributed by atoms with Gasteiger partial charge in [-0.15, -0.1) is 0 Å². The second-order valence-electron chi connectivity index (χ2n) is 7.83. The average Bonchev–Trinajstić information content (AvgIpc) is 3.31. The Balaban J connectivity index is 1.47. The number of rotatable bonds is 6. The lowest BCUT2D eigenvalue weighted by Crippen LogP contribution is -2.31. The maximum atomic E-state index is 13.4. The number of carbonyl (C=O) groups excluding carboxylic acids is 2. The average molecular weight is 425 g/mol. The van der Waals surface area contributed by atoms with Gasteiger partial charge in [-0.2, -0.15) is 0 Å². The highest BCUT2D eigenvalue weighted by atomic mass is 16.2. The molecule has 0 fully saturated rings. The van der Waals surface area contributed by atoms with E-state index in [1.165, 1.54) is 0 Å². The van der Waals surface area contributed by atoms with Gasteiger partial charge in [0.15, 0.2) is 0 Å². The summed E-state index contributed by atoms with van der Waals surface area (Å²) in [6.07, 6.45) is 4.29. The first-order chi connectivity index (χ1) is 15.7. The number of benzene rings is 2. The summed E-state index contributed by atoms with van der Waals surface area (Å²) in [4.78, 5) is 36.9. The second kappa shape index (κ2) is 8.26. The van der Waals surface area contributed by atoms with Crippen molar-refractivity contribution >= 4 is 34.5 Å². The van der Waals surface area contributed by atoms with Crippen LogP contribution in [0.25, 0.3) is 11.0 Å². The first-order valence-electron chi connectivity index (χ1n) is 10.7. The molecule has 7 heteroatoms. The highest BCUT2D eigenvalue weighted by molar-refractivity contribution is 6.05. The minimum Gasteiger partial charge on any atom is -0.326 e. The fraction of sp³-hybridized carbons (Fsp3) is 0.200. The fourth-order valence-corrected chi connectivity index (χ4v) is 4.25. The van der Waals surface area contributed by atoms with E-state index in [4.69, 9.17) is 4.98 Å². The van der Waals surface area contributed by atoms with Crippen molar-refractivity contribution in [2.75, 3.05) is 10.2 Å². The predicted molar refractivity (Wildman–Crippen MR) is 123 cm³/mol. The standard InChI is InChI=1S/C25H23N5O2/c1-2-18-9-3-4-10-19(18)27-23(31)14-22-24(32)29(16-17-8-7-13-26-15-17)25-28-20-11-5-6-12-21(20)30(22)25/h3-13,15,22H,2,14,16H2,1H3,(H,27,31)/t22-/m1/s1. The monoisotopic (exact) mass is 425 g/mol. The molecule has 5 rings (SSSR count). The number of fused-ring (bicyclic) bond motifs is 3. The van der Waals surface area contributed by atoms with E-state index in [9.17, 15) is 9.59 Å². The van der Waals surface area contributed by atoms with Gasteiger partial charge in [0, 0.05) is 18.1 Å². The first kappa shape index (κ1) is 19.9. The number of carbonyl (C=O) groups is 2. The summed E-state index contributed by atoms with van der Waals surface area (Å²) in [5.41, 5.74) is 4.39. The van der Waals surface area contributed by atoms with Gasteiger partial charge in [0.2, 0.25) is 11.9 Å². The zero-order valence-electron chi connectivity index (χ0n) is 17.7. The Labute approximate surface area is 185 Å². The van der Waals surface area contributed by atoms with Crippen LogP contribution >= 0.6 is 0 Å². The van der Waals surface area contributed by atoms with Gasteiger partial charge < -0.3 is 5.32 Å². The van der Waals surface area contributed by atoms with E-state index >= 15 is 0 Å². The van der Waals surface area contributed by atoms with E-state index in [1.807, 2.05) is 72.2 Å². The minimum atomic E-state index is -0.650. The van der Waals surface area contributed by atoms with Gasteiger partial charge in [0.05, 0.1) is 24.0 Å². The normalized spacial score (nSPS) is 15.2. The molecular formula is C25H23N5O2. The van der Waals surface area contributed by atoms with Gasteiger partial charge in [-0.25, -0.2) is 4.98 Å². The Morgan fingerprint density at radius 3 is 2.69 bits per heavy atom. The smallest absolute Gasteiger partial charge is 0.253 e. The predicted octanol–water partition coefficient (Wildman–Crippen LogP) is 4.11. The molecule has 0 saturated heterocycles. The molecule has 0 unspecified atom stereocenters. The molecule has 0 saturated carbocycles. The molecule has 4 aromatic rings. The van der Waals surface area contributed by atoms with E-state index in [0.29, 0.717) is 12.5 Å². The van der Waals surface area contributed by atoms with Gasteiger partial charge in [-0.05, 0) is 41.8 Å². The second-order valence-corrected chi connectivity index (χ2v) is 7.83. The van der Waals surface area contributed by atoms with Crippen molar-refractivity contribution in [3.63, 3.8) is 0 Å². The van der Waals surface area contributed by atoms with Gasteiger partial charge >= 0.3 is 0 Å². The van der Waals surface area contributed by atoms with Crippen LogP contribution in [0, 0.1) is 0 Å². The molecule has 1 atom stereocenters. The lowest BCUT2D eigenvalue weighted by molar-refractivity contribution is -0.124. The van der Waals surface area contributed by atoms with Crippen LogP contribution in [0.3, 0.4) is 0 Å². The molecule has 2 aromatic heterocycles. The van der Waals surface area contributed by atoms with Crippen LogP contribution in [-0.2, 0) is 22.6 Å². The Morgan fingerprint density at radius 2 is 1.88 bits per heavy atom. The number of nitrogens with one attached hydrogen (secondary N) is 1. The van der Waals surface area contributed by atoms with Gasteiger partial charge in [-0.1, -0.05) is 43.3 Å². The van der Waals surface area contributed by atoms with Crippen LogP contribution < -0.4 is 10.2 Å². The maximum Gasteiger partial charge on any atom is 0.253 e. The van der Waals surface area contributed by atoms with Crippen molar-refractivity contribution in [3.8, 4) is 0 Å². The van der Waals surface area contributed by atoms with E-state index in [2.05, 4.69) is 10.3 Å². The van der Waals surface area contributed by atoms with Gasteiger partial charge in [0.25, 0.3) is 5.91 Å². The molecule has 0 bridgehead atoms. The van der Waals surface area contributed by atoms with E-state index in [0.717, 1.165) is 34.3 Å². The number of imidazole rings is 1. The molecule has 160 valence electrons. The zero-order chi connectivity index (χ0) is 22.1. The molecule has 0 aliphatic carbocycles. The number of para-hydroxylation sites is 3. The Hall–Kier alpha value is -4.00. The lowest BCUT2D eigenvalue weighted by Gasteiger charge is -2.16. The van der Waals surface area contributed by atoms with Gasteiger partial charge in [-0.3, -0.25) is 24.0 Å². The molecule has 7 nitrogen and oxygen atoms in total. The third-order valence-electron chi connectivity index (χ3n) is 5.80. The van der Waals surface area contributed by atoms with Crippen molar-refractivity contribution in [2.45, 2.75) is 32.4 Å². The summed E-state index contributed by atoms with van der Waals surface area (Å²) in [5, 5.41) is 2.99. The minimum absolute atomic E-state index is 0.0355. The van der Waals surface area contributed by atoms with Crippen molar-refractivity contribution in [3.05, 3.63) is 84.2 Å². The third-order valence-corrected chi connectivity index (χ3v) is 5.80. The molecule has 1 N–H and O–H groups in total. The molecule has 0 radical (unpaired) electrons. The molecule has 0 spiro atoms. The number of aryl methyl sites for hydroxylation is 1. The lowest BCUT2D eigenvalue weighted by atomic mass is 10.1. The Bertz CT molecular complexity index is 1300. The summed E-state index contributed by atoms with van der Waals surface area (Å²) in [6, 6.07) is 18.5. The van der Waals surface area contributed by atoms with Crippen LogP contribution in [0.2, 0.25) is 0 Å². The van der Waals surface area contributed by atoms with Crippen molar-refractivity contribution in [2.24, 2.45) is 0 Å². The van der Waals surface area contributed by atoms with Crippen molar-refractivity contribution in [1.82, 2.24) is 14.5 Å². The van der Waals surface area contributed by atoms with Crippen molar-refractivity contribution in [1.29, 1.82) is 0 Å². The number of anilines is 2. The fourth-order valence-electron chi connectivity index (χ4n) is 4.25. The van der Waals surface area contributed by atoms with E-state index < -0.39 is 6.04 Å². The maximum absolute atomic E-state index is 13.4. The molecule has 1 aliphatic rings. The van der Waals surface area contributed by atoms with Crippen LogP contribution in [0.4, 0.5) is 11.6 Å². The highest BCUT2D eigenvalue weighted by Gasteiger charge is 2.40. The topological polar surface area (TPSA) is 80.1 Å². The summed E-state index contributed by atoms with van der Waals surface area (Å²) < 4.78 is 1.89. The number of aromatic nitrogens is 3.